The number of carbonyl (C=O) groups excluding carboxylic acids is 1. The molecule has 38 heavy (non-hydrogen) atoms. The lowest BCUT2D eigenvalue weighted by molar-refractivity contribution is -0.115. The minimum atomic E-state index is -0.219. The Morgan fingerprint density at radius 2 is 1.84 bits per heavy atom. The van der Waals surface area contributed by atoms with E-state index < -0.39 is 0 Å². The van der Waals surface area contributed by atoms with Gasteiger partial charge in [0.25, 0.3) is 5.91 Å². The predicted molar refractivity (Wildman–Crippen MR) is 156 cm³/mol. The van der Waals surface area contributed by atoms with Gasteiger partial charge in [-0.25, -0.2) is 4.99 Å². The number of methoxy groups -OCH3 is 1. The maximum atomic E-state index is 12.7. The number of allylic oxidation sites excluding steroid dienone is 1. The van der Waals surface area contributed by atoms with Crippen molar-refractivity contribution < 1.29 is 19.0 Å². The van der Waals surface area contributed by atoms with Crippen LogP contribution in [0.25, 0.3) is 6.08 Å². The van der Waals surface area contributed by atoms with Gasteiger partial charge in [-0.2, -0.15) is 0 Å². The lowest BCUT2D eigenvalue weighted by Gasteiger charge is -2.17. The van der Waals surface area contributed by atoms with Crippen molar-refractivity contribution in [3.8, 4) is 17.2 Å². The smallest absolute Gasteiger partial charge is 0.264 e. The molecule has 1 aliphatic heterocycles. The van der Waals surface area contributed by atoms with Gasteiger partial charge in [0.05, 0.1) is 24.3 Å². The van der Waals surface area contributed by atoms with Crippen molar-refractivity contribution in [3.05, 3.63) is 98.9 Å². The van der Waals surface area contributed by atoms with Gasteiger partial charge in [0.1, 0.15) is 12.4 Å². The van der Waals surface area contributed by atoms with Gasteiger partial charge in [-0.15, -0.1) is 6.58 Å². The van der Waals surface area contributed by atoms with Crippen molar-refractivity contribution in [2.75, 3.05) is 13.7 Å². The number of hydrogen-bond donors (Lipinski definition) is 1. The first-order valence-electron chi connectivity index (χ1n) is 11.8. The molecule has 3 aromatic carbocycles. The second-order valence-corrected chi connectivity index (χ2v) is 10.0. The molecule has 1 fully saturated rings. The fourth-order valence-electron chi connectivity index (χ4n) is 3.70. The number of nitrogens with zero attached hydrogens (tertiary/aromatic N) is 1. The maximum absolute atomic E-state index is 12.7. The molecule has 0 aromatic heterocycles. The highest BCUT2D eigenvalue weighted by molar-refractivity contribution is 8.18. The summed E-state index contributed by atoms with van der Waals surface area (Å²) in [6.45, 7) is 6.47. The number of amides is 1. The third-order valence-electron chi connectivity index (χ3n) is 5.46. The fraction of sp³-hybridized carbons (Fsp3) is 0.172. The molecule has 0 aliphatic carbocycles. The van der Waals surface area contributed by atoms with E-state index >= 15 is 0 Å². The molecule has 1 amide bonds. The average Bonchev–Trinajstić information content (AvgIpc) is 3.23. The lowest BCUT2D eigenvalue weighted by Crippen LogP contribution is -2.19. The fourth-order valence-corrected chi connectivity index (χ4v) is 5.00. The topological polar surface area (TPSA) is 69.2 Å². The molecule has 9 heteroatoms. The van der Waals surface area contributed by atoms with E-state index in [1.54, 1.807) is 25.3 Å². The number of benzene rings is 3. The van der Waals surface area contributed by atoms with Gasteiger partial charge < -0.3 is 19.5 Å². The Bertz CT molecular complexity index is 1400. The van der Waals surface area contributed by atoms with Crippen LogP contribution in [0.1, 0.15) is 23.6 Å². The molecule has 6 nitrogen and oxygen atoms in total. The molecular weight excluding hydrogens is 543 g/mol. The summed E-state index contributed by atoms with van der Waals surface area (Å²) in [5.74, 6) is 1.69. The molecule has 0 unspecified atom stereocenters. The van der Waals surface area contributed by atoms with Gasteiger partial charge in [0.2, 0.25) is 0 Å². The molecule has 0 atom stereocenters. The largest absolute Gasteiger partial charge is 0.497 e. The van der Waals surface area contributed by atoms with E-state index in [0.29, 0.717) is 50.3 Å². The van der Waals surface area contributed by atoms with E-state index in [4.69, 9.17) is 37.4 Å². The van der Waals surface area contributed by atoms with Crippen molar-refractivity contribution in [3.63, 3.8) is 0 Å². The number of halogens is 2. The van der Waals surface area contributed by atoms with Crippen molar-refractivity contribution in [1.82, 2.24) is 5.32 Å². The average molecular weight is 570 g/mol. The molecule has 1 heterocycles. The standard InChI is InChI=1S/C29H26Cl2N2O4S/c1-4-6-19-13-18(14-25(36-5-2)27(19)37-17-20-7-8-21(30)16-24(20)31)15-26-28(34)33-29(38-26)32-22-9-11-23(35-3)12-10-22/h4,7-16H,1,5-6,17H2,2-3H3,(H,32,33,34)/b26-15+. The number of amidine groups is 1. The predicted octanol–water partition coefficient (Wildman–Crippen LogP) is 7.60. The Morgan fingerprint density at radius 1 is 1.05 bits per heavy atom. The Labute approximate surface area is 236 Å². The molecule has 1 saturated heterocycles. The van der Waals surface area contributed by atoms with Crippen LogP contribution < -0.4 is 19.5 Å². The van der Waals surface area contributed by atoms with Crippen LogP contribution in [-0.4, -0.2) is 24.8 Å². The summed E-state index contributed by atoms with van der Waals surface area (Å²) < 4.78 is 17.3. The number of aliphatic imine (C=N–C) groups is 1. The highest BCUT2D eigenvalue weighted by atomic mass is 35.5. The summed E-state index contributed by atoms with van der Waals surface area (Å²) in [6, 6.07) is 16.4. The lowest BCUT2D eigenvalue weighted by atomic mass is 10.0. The van der Waals surface area contributed by atoms with Crippen LogP contribution in [0.15, 0.2) is 77.1 Å². The summed E-state index contributed by atoms with van der Waals surface area (Å²) in [5.41, 5.74) is 3.19. The number of hydrogen-bond acceptors (Lipinski definition) is 6. The van der Waals surface area contributed by atoms with E-state index in [-0.39, 0.29) is 12.5 Å². The monoisotopic (exact) mass is 568 g/mol. The van der Waals surface area contributed by atoms with Gasteiger partial charge in [-0.1, -0.05) is 35.3 Å². The number of rotatable bonds is 10. The van der Waals surface area contributed by atoms with Gasteiger partial charge >= 0.3 is 0 Å². The summed E-state index contributed by atoms with van der Waals surface area (Å²) >= 11 is 13.6. The quantitative estimate of drug-likeness (QED) is 0.201. The minimum absolute atomic E-state index is 0.219. The summed E-state index contributed by atoms with van der Waals surface area (Å²) in [4.78, 5) is 17.7. The second kappa shape index (κ2) is 12.9. The minimum Gasteiger partial charge on any atom is -0.497 e. The van der Waals surface area contributed by atoms with Crippen molar-refractivity contribution in [1.29, 1.82) is 0 Å². The highest BCUT2D eigenvalue weighted by Crippen LogP contribution is 2.37. The molecule has 0 radical (unpaired) electrons. The molecule has 1 N–H and O–H groups in total. The Morgan fingerprint density at radius 3 is 2.53 bits per heavy atom. The first-order valence-corrected chi connectivity index (χ1v) is 13.4. The van der Waals surface area contributed by atoms with Crippen LogP contribution in [0.2, 0.25) is 10.0 Å². The zero-order chi connectivity index (χ0) is 27.1. The van der Waals surface area contributed by atoms with E-state index in [2.05, 4.69) is 16.9 Å². The molecule has 0 bridgehead atoms. The number of thioether (sulfide) groups is 1. The van der Waals surface area contributed by atoms with Gasteiger partial charge in [-0.05, 0) is 85.3 Å². The zero-order valence-electron chi connectivity index (χ0n) is 20.9. The first kappa shape index (κ1) is 27.6. The number of carbonyl (C=O) groups is 1. The van der Waals surface area contributed by atoms with Crippen LogP contribution in [0.5, 0.6) is 17.2 Å². The van der Waals surface area contributed by atoms with Gasteiger partial charge in [0.15, 0.2) is 16.7 Å². The second-order valence-electron chi connectivity index (χ2n) is 8.14. The summed E-state index contributed by atoms with van der Waals surface area (Å²) in [7, 11) is 1.61. The number of nitrogens with one attached hydrogen (secondary N) is 1. The Balaban J connectivity index is 1.61. The SMILES string of the molecule is C=CCc1cc(/C=C2/SC(=Nc3ccc(OC)cc3)NC2=O)cc(OCC)c1OCc1ccc(Cl)cc1Cl. The van der Waals surface area contributed by atoms with Crippen molar-refractivity contribution in [2.24, 2.45) is 4.99 Å². The molecule has 3 aromatic rings. The third kappa shape index (κ3) is 6.92. The molecule has 196 valence electrons. The van der Waals surface area contributed by atoms with Crippen molar-refractivity contribution >= 4 is 57.8 Å². The van der Waals surface area contributed by atoms with E-state index in [9.17, 15) is 4.79 Å². The molecule has 0 saturated carbocycles. The maximum Gasteiger partial charge on any atom is 0.264 e. The molecule has 1 aliphatic rings. The van der Waals surface area contributed by atoms with Crippen LogP contribution in [0.4, 0.5) is 5.69 Å². The van der Waals surface area contributed by atoms with Crippen LogP contribution in [0, 0.1) is 0 Å². The van der Waals surface area contributed by atoms with E-state index in [1.807, 2.05) is 55.5 Å². The number of ether oxygens (including phenoxy) is 3. The van der Waals surface area contributed by atoms with E-state index in [0.717, 1.165) is 22.4 Å². The van der Waals surface area contributed by atoms with Crippen LogP contribution in [0.3, 0.4) is 0 Å². The van der Waals surface area contributed by atoms with Crippen molar-refractivity contribution in [2.45, 2.75) is 20.0 Å². The summed E-state index contributed by atoms with van der Waals surface area (Å²) in [6.07, 6.45) is 4.15. The summed E-state index contributed by atoms with van der Waals surface area (Å²) in [5, 5.41) is 4.41. The van der Waals surface area contributed by atoms with Gasteiger partial charge in [0, 0.05) is 21.2 Å². The van der Waals surface area contributed by atoms with Crippen LogP contribution >= 0.6 is 35.0 Å². The van der Waals surface area contributed by atoms with Crippen LogP contribution in [-0.2, 0) is 17.8 Å². The Kier molecular flexibility index (Phi) is 9.39. The third-order valence-corrected chi connectivity index (χ3v) is 6.95. The highest BCUT2D eigenvalue weighted by Gasteiger charge is 2.24. The van der Waals surface area contributed by atoms with Gasteiger partial charge in [-0.3, -0.25) is 4.79 Å². The Hall–Kier alpha value is -3.39. The molecular formula is C29H26Cl2N2O4S. The molecule has 0 spiro atoms. The molecule has 4 rings (SSSR count). The normalized spacial score (nSPS) is 15.0. The first-order chi connectivity index (χ1) is 18.4. The zero-order valence-corrected chi connectivity index (χ0v) is 23.3. The van der Waals surface area contributed by atoms with E-state index in [1.165, 1.54) is 11.8 Å².